The van der Waals surface area contributed by atoms with Crippen LogP contribution in [0, 0.1) is 5.82 Å². The van der Waals surface area contributed by atoms with Gasteiger partial charge < -0.3 is 15.5 Å². The van der Waals surface area contributed by atoms with Gasteiger partial charge in [0.15, 0.2) is 0 Å². The van der Waals surface area contributed by atoms with E-state index in [0.717, 1.165) is 0 Å². The molecule has 7 nitrogen and oxygen atoms in total. The first-order valence-corrected chi connectivity index (χ1v) is 6.44. The molecule has 8 heteroatoms. The minimum Gasteiger partial charge on any atom is -0.322 e. The number of hydrogen-bond acceptors (Lipinski definition) is 3. The number of halogens is 1. The third kappa shape index (κ3) is 2.39. The molecule has 1 atom stereocenters. The van der Waals surface area contributed by atoms with E-state index in [2.05, 4.69) is 16.0 Å². The van der Waals surface area contributed by atoms with Gasteiger partial charge in [0.2, 0.25) is 0 Å². The molecule has 1 unspecified atom stereocenters. The quantitative estimate of drug-likeness (QED) is 0.663. The van der Waals surface area contributed by atoms with E-state index in [1.54, 1.807) is 6.07 Å². The Morgan fingerprint density at radius 1 is 1.38 bits per heavy atom. The van der Waals surface area contributed by atoms with Gasteiger partial charge in [0.1, 0.15) is 11.4 Å². The first-order valence-electron chi connectivity index (χ1n) is 6.44. The molecule has 3 N–H and O–H groups in total. The highest BCUT2D eigenvalue weighted by atomic mass is 19.1. The highest BCUT2D eigenvalue weighted by Gasteiger charge is 2.51. The third-order valence-corrected chi connectivity index (χ3v) is 3.65. The van der Waals surface area contributed by atoms with Gasteiger partial charge in [0, 0.05) is 12.2 Å². The Morgan fingerprint density at radius 3 is 2.86 bits per heavy atom. The molecule has 2 aliphatic heterocycles. The van der Waals surface area contributed by atoms with Crippen LogP contribution in [0.25, 0.3) is 0 Å². The summed E-state index contributed by atoms with van der Waals surface area (Å²) in [5.74, 6) is -0.873. The molecule has 0 bridgehead atoms. The number of hydrogen-bond donors (Lipinski definition) is 3. The molecule has 0 radical (unpaired) electrons. The number of urea groups is 2. The maximum absolute atomic E-state index is 13.1. The summed E-state index contributed by atoms with van der Waals surface area (Å²) in [5.41, 5.74) is -0.711. The second-order valence-corrected chi connectivity index (χ2v) is 5.10. The molecule has 3 rings (SSSR count). The average Bonchev–Trinajstić information content (AvgIpc) is 2.95. The predicted octanol–water partition coefficient (Wildman–Crippen LogP) is 0.641. The summed E-state index contributed by atoms with van der Waals surface area (Å²) in [6, 6.07) is 4.55. The minimum absolute atomic E-state index is 0.0890. The number of benzene rings is 1. The van der Waals surface area contributed by atoms with Gasteiger partial charge >= 0.3 is 12.1 Å². The molecule has 1 spiro atoms. The number of carbonyl (C=O) groups is 3. The second kappa shape index (κ2) is 4.72. The van der Waals surface area contributed by atoms with Gasteiger partial charge in [-0.25, -0.2) is 14.0 Å². The van der Waals surface area contributed by atoms with Gasteiger partial charge in [0.25, 0.3) is 5.91 Å². The summed E-state index contributed by atoms with van der Waals surface area (Å²) in [4.78, 5) is 36.5. The topological polar surface area (TPSA) is 90.5 Å². The summed E-state index contributed by atoms with van der Waals surface area (Å²) in [6.45, 7) is 0.417. The molecule has 110 valence electrons. The summed E-state index contributed by atoms with van der Waals surface area (Å²) in [6.07, 6.45) is 0.348. The fourth-order valence-corrected chi connectivity index (χ4v) is 2.57. The predicted molar refractivity (Wildman–Crippen MR) is 71.0 cm³/mol. The van der Waals surface area contributed by atoms with Gasteiger partial charge in [-0.1, -0.05) is 6.07 Å². The molecule has 2 heterocycles. The first kappa shape index (κ1) is 13.3. The van der Waals surface area contributed by atoms with Crippen LogP contribution >= 0.6 is 0 Å². The lowest BCUT2D eigenvalue weighted by atomic mass is 10.00. The largest absolute Gasteiger partial charge is 0.322 e. The van der Waals surface area contributed by atoms with E-state index in [1.165, 1.54) is 23.1 Å². The van der Waals surface area contributed by atoms with Crippen LogP contribution in [0.5, 0.6) is 0 Å². The van der Waals surface area contributed by atoms with Crippen LogP contribution in [0.15, 0.2) is 24.3 Å². The Hall–Kier alpha value is -2.64. The lowest BCUT2D eigenvalue weighted by molar-refractivity contribution is -0.123. The fourth-order valence-electron chi connectivity index (χ4n) is 2.57. The SMILES string of the molecule is O=C1NC(=O)C2(CCN(C(=O)Nc3cccc(F)c3)C2)N1. The maximum Gasteiger partial charge on any atom is 0.322 e. The first-order chi connectivity index (χ1) is 9.98. The van der Waals surface area contributed by atoms with Gasteiger partial charge in [0.05, 0.1) is 6.54 Å². The number of carbonyl (C=O) groups excluding carboxylic acids is 3. The van der Waals surface area contributed by atoms with Crippen molar-refractivity contribution >= 4 is 23.7 Å². The maximum atomic E-state index is 13.1. The number of anilines is 1. The number of nitrogens with zero attached hydrogens (tertiary/aromatic N) is 1. The van der Waals surface area contributed by atoms with Gasteiger partial charge in [-0.3, -0.25) is 10.1 Å². The van der Waals surface area contributed by atoms with Crippen molar-refractivity contribution in [2.45, 2.75) is 12.0 Å². The Bertz CT molecular complexity index is 636. The van der Waals surface area contributed by atoms with Crippen molar-refractivity contribution in [3.63, 3.8) is 0 Å². The molecule has 2 aliphatic rings. The Balaban J connectivity index is 1.67. The molecule has 1 aromatic carbocycles. The fraction of sp³-hybridized carbons (Fsp3) is 0.308. The normalized spacial score (nSPS) is 24.1. The zero-order chi connectivity index (χ0) is 15.0. The van der Waals surface area contributed by atoms with E-state index in [-0.39, 0.29) is 6.54 Å². The Morgan fingerprint density at radius 2 is 2.19 bits per heavy atom. The van der Waals surface area contributed by atoms with Crippen LogP contribution in [-0.2, 0) is 4.79 Å². The number of likely N-dealkylation sites (tertiary alicyclic amines) is 1. The molecule has 5 amide bonds. The minimum atomic E-state index is -1.05. The van der Waals surface area contributed by atoms with Gasteiger partial charge in [-0.15, -0.1) is 0 Å². The number of nitrogens with one attached hydrogen (secondary N) is 3. The highest BCUT2D eigenvalue weighted by Crippen LogP contribution is 2.25. The van der Waals surface area contributed by atoms with Crippen molar-refractivity contribution in [3.8, 4) is 0 Å². The van der Waals surface area contributed by atoms with E-state index >= 15 is 0 Å². The van der Waals surface area contributed by atoms with Crippen LogP contribution < -0.4 is 16.0 Å². The van der Waals surface area contributed by atoms with Gasteiger partial charge in [-0.2, -0.15) is 0 Å². The van der Waals surface area contributed by atoms with Gasteiger partial charge in [-0.05, 0) is 24.6 Å². The summed E-state index contributed by atoms with van der Waals surface area (Å²) >= 11 is 0. The van der Waals surface area contributed by atoms with E-state index in [9.17, 15) is 18.8 Å². The van der Waals surface area contributed by atoms with E-state index < -0.39 is 29.3 Å². The Kier molecular flexibility index (Phi) is 3.00. The molecule has 2 fully saturated rings. The number of rotatable bonds is 1. The highest BCUT2D eigenvalue weighted by molar-refractivity contribution is 6.07. The molecule has 2 saturated heterocycles. The summed E-state index contributed by atoms with van der Waals surface area (Å²) < 4.78 is 13.1. The third-order valence-electron chi connectivity index (χ3n) is 3.65. The lowest BCUT2D eigenvalue weighted by Crippen LogP contribution is -2.50. The van der Waals surface area contributed by atoms with Crippen molar-refractivity contribution in [2.24, 2.45) is 0 Å². The molecule has 0 aromatic heterocycles. The average molecular weight is 292 g/mol. The number of imide groups is 1. The van der Waals surface area contributed by atoms with Crippen molar-refractivity contribution in [2.75, 3.05) is 18.4 Å². The van der Waals surface area contributed by atoms with Crippen molar-refractivity contribution < 1.29 is 18.8 Å². The van der Waals surface area contributed by atoms with Crippen molar-refractivity contribution in [1.82, 2.24) is 15.5 Å². The second-order valence-electron chi connectivity index (χ2n) is 5.10. The van der Waals surface area contributed by atoms with Crippen LogP contribution in [0.4, 0.5) is 19.7 Å². The monoisotopic (exact) mass is 292 g/mol. The van der Waals surface area contributed by atoms with Crippen molar-refractivity contribution in [1.29, 1.82) is 0 Å². The van der Waals surface area contributed by atoms with Crippen LogP contribution in [0.2, 0.25) is 0 Å². The molecule has 0 aliphatic carbocycles. The molecule has 0 saturated carbocycles. The number of amides is 5. The van der Waals surface area contributed by atoms with Crippen LogP contribution in [0.1, 0.15) is 6.42 Å². The zero-order valence-electron chi connectivity index (χ0n) is 11.0. The lowest BCUT2D eigenvalue weighted by Gasteiger charge is -2.21. The summed E-state index contributed by atoms with van der Waals surface area (Å²) in [5, 5.41) is 7.28. The zero-order valence-corrected chi connectivity index (χ0v) is 11.0. The van der Waals surface area contributed by atoms with Crippen LogP contribution in [0.3, 0.4) is 0 Å². The molecule has 21 heavy (non-hydrogen) atoms. The molecular weight excluding hydrogens is 279 g/mol. The van der Waals surface area contributed by atoms with Crippen LogP contribution in [-0.4, -0.2) is 41.5 Å². The van der Waals surface area contributed by atoms with E-state index in [0.29, 0.717) is 18.7 Å². The van der Waals surface area contributed by atoms with E-state index in [4.69, 9.17) is 0 Å². The van der Waals surface area contributed by atoms with Crippen molar-refractivity contribution in [3.05, 3.63) is 30.1 Å². The summed E-state index contributed by atoms with van der Waals surface area (Å²) in [7, 11) is 0. The Labute approximate surface area is 119 Å². The molecule has 1 aromatic rings. The standard InChI is InChI=1S/C13H13FN4O3/c14-8-2-1-3-9(6-8)15-12(21)18-5-4-13(7-18)10(19)16-11(20)17-13/h1-3,6H,4-5,7H2,(H,15,21)(H2,16,17,19,20). The smallest absolute Gasteiger partial charge is 0.322 e. The van der Waals surface area contributed by atoms with E-state index in [1.807, 2.05) is 0 Å². The molecular formula is C13H13FN4O3.